The van der Waals surface area contributed by atoms with Crippen LogP contribution in [0.3, 0.4) is 0 Å². The van der Waals surface area contributed by atoms with Crippen molar-refractivity contribution in [2.24, 2.45) is 0 Å². The zero-order valence-corrected chi connectivity index (χ0v) is 13.1. The molecule has 1 fully saturated rings. The number of nitrogens with one attached hydrogen (secondary N) is 1. The second-order valence-corrected chi connectivity index (χ2v) is 6.50. The van der Waals surface area contributed by atoms with Gasteiger partial charge in [-0.15, -0.1) is 0 Å². The highest BCUT2D eigenvalue weighted by Crippen LogP contribution is 2.36. The fraction of sp³-hybridized carbons (Fsp3) is 0.733. The lowest BCUT2D eigenvalue weighted by molar-refractivity contribution is 0.652. The third kappa shape index (κ3) is 3.93. The van der Waals surface area contributed by atoms with Crippen molar-refractivity contribution >= 4 is 11.8 Å². The maximum atomic E-state index is 4.78. The molecule has 0 bridgehead atoms. The Morgan fingerprint density at radius 3 is 2.53 bits per heavy atom. The van der Waals surface area contributed by atoms with Crippen molar-refractivity contribution in [1.82, 2.24) is 15.3 Å². The summed E-state index contributed by atoms with van der Waals surface area (Å²) in [5.74, 6) is 2.32. The molecule has 2 rings (SSSR count). The van der Waals surface area contributed by atoms with Crippen molar-refractivity contribution in [1.29, 1.82) is 0 Å². The molecule has 1 N–H and O–H groups in total. The number of hydrogen-bond acceptors (Lipinski definition) is 4. The van der Waals surface area contributed by atoms with E-state index in [2.05, 4.69) is 26.1 Å². The fourth-order valence-corrected chi connectivity index (χ4v) is 3.85. The summed E-state index contributed by atoms with van der Waals surface area (Å²) in [5, 5.41) is 3.89. The molecule has 1 aliphatic heterocycles. The van der Waals surface area contributed by atoms with Crippen LogP contribution in [-0.4, -0.2) is 28.8 Å². The van der Waals surface area contributed by atoms with E-state index < -0.39 is 0 Å². The third-order valence-electron chi connectivity index (χ3n) is 3.71. The molecule has 106 valence electrons. The molecular weight excluding hydrogens is 254 g/mol. The molecule has 0 spiro atoms. The minimum Gasteiger partial charge on any atom is -0.317 e. The molecule has 0 radical (unpaired) electrons. The topological polar surface area (TPSA) is 37.8 Å². The minimum atomic E-state index is 0.522. The second-order valence-electron chi connectivity index (χ2n) is 5.19. The summed E-state index contributed by atoms with van der Waals surface area (Å²) in [6, 6.07) is 0. The van der Waals surface area contributed by atoms with Crippen molar-refractivity contribution in [3.05, 3.63) is 22.8 Å². The molecule has 0 saturated carbocycles. The van der Waals surface area contributed by atoms with Gasteiger partial charge in [0.15, 0.2) is 0 Å². The first-order chi connectivity index (χ1) is 9.22. The zero-order valence-electron chi connectivity index (χ0n) is 12.3. The SMILES string of the molecule is CCNCCc1c(C)nc(C2CCCCS2)nc1C. The van der Waals surface area contributed by atoms with E-state index in [0.29, 0.717) is 5.25 Å². The van der Waals surface area contributed by atoms with Crippen LogP contribution < -0.4 is 5.32 Å². The monoisotopic (exact) mass is 279 g/mol. The summed E-state index contributed by atoms with van der Waals surface area (Å²) in [7, 11) is 0. The summed E-state index contributed by atoms with van der Waals surface area (Å²) < 4.78 is 0. The lowest BCUT2D eigenvalue weighted by Gasteiger charge is -2.21. The predicted octanol–water partition coefficient (Wildman–Crippen LogP) is 3.20. The van der Waals surface area contributed by atoms with Gasteiger partial charge in [0.2, 0.25) is 0 Å². The van der Waals surface area contributed by atoms with Gasteiger partial charge in [-0.1, -0.05) is 13.3 Å². The van der Waals surface area contributed by atoms with Crippen LogP contribution in [0.5, 0.6) is 0 Å². The Hall–Kier alpha value is -0.610. The van der Waals surface area contributed by atoms with E-state index in [-0.39, 0.29) is 0 Å². The van der Waals surface area contributed by atoms with Gasteiger partial charge < -0.3 is 5.32 Å². The molecule has 3 nitrogen and oxygen atoms in total. The van der Waals surface area contributed by atoms with Crippen LogP contribution >= 0.6 is 11.8 Å². The van der Waals surface area contributed by atoms with Crippen LogP contribution in [0.2, 0.25) is 0 Å². The van der Waals surface area contributed by atoms with Crippen LogP contribution in [0.25, 0.3) is 0 Å². The Kier molecular flexibility index (Phi) is 5.64. The normalized spacial score (nSPS) is 19.6. The van der Waals surface area contributed by atoms with Crippen LogP contribution in [0.1, 0.15) is 54.2 Å². The van der Waals surface area contributed by atoms with E-state index in [9.17, 15) is 0 Å². The Labute approximate surface area is 121 Å². The van der Waals surface area contributed by atoms with Gasteiger partial charge in [-0.2, -0.15) is 11.8 Å². The van der Waals surface area contributed by atoms with Gasteiger partial charge in [-0.25, -0.2) is 9.97 Å². The average Bonchev–Trinajstić information content (AvgIpc) is 2.43. The first-order valence-electron chi connectivity index (χ1n) is 7.38. The number of thioether (sulfide) groups is 1. The van der Waals surface area contributed by atoms with Crippen LogP contribution in [0, 0.1) is 13.8 Å². The number of aromatic nitrogens is 2. The Morgan fingerprint density at radius 1 is 1.21 bits per heavy atom. The Bertz CT molecular complexity index is 391. The molecule has 2 heterocycles. The molecular formula is C15H25N3S. The van der Waals surface area contributed by atoms with Crippen molar-refractivity contribution in [3.8, 4) is 0 Å². The van der Waals surface area contributed by atoms with Gasteiger partial charge >= 0.3 is 0 Å². The molecule has 0 aliphatic carbocycles. The second kappa shape index (κ2) is 7.25. The van der Waals surface area contributed by atoms with Gasteiger partial charge in [0.05, 0.1) is 5.25 Å². The highest BCUT2D eigenvalue weighted by Gasteiger charge is 2.20. The third-order valence-corrected chi connectivity index (χ3v) is 5.08. The number of hydrogen-bond donors (Lipinski definition) is 1. The lowest BCUT2D eigenvalue weighted by Crippen LogP contribution is -2.18. The van der Waals surface area contributed by atoms with Crippen molar-refractivity contribution < 1.29 is 0 Å². The van der Waals surface area contributed by atoms with E-state index in [0.717, 1.165) is 25.3 Å². The van der Waals surface area contributed by atoms with Crippen molar-refractivity contribution in [3.63, 3.8) is 0 Å². The molecule has 1 atom stereocenters. The van der Waals surface area contributed by atoms with Gasteiger partial charge in [0.25, 0.3) is 0 Å². The number of nitrogens with zero attached hydrogens (tertiary/aromatic N) is 2. The van der Waals surface area contributed by atoms with Gasteiger partial charge in [0.1, 0.15) is 5.82 Å². The number of aryl methyl sites for hydroxylation is 2. The van der Waals surface area contributed by atoms with Gasteiger partial charge in [0, 0.05) is 11.4 Å². The molecule has 1 unspecified atom stereocenters. The summed E-state index contributed by atoms with van der Waals surface area (Å²) in [6.45, 7) is 8.44. The van der Waals surface area contributed by atoms with E-state index in [4.69, 9.17) is 9.97 Å². The van der Waals surface area contributed by atoms with Crippen LogP contribution in [-0.2, 0) is 6.42 Å². The zero-order chi connectivity index (χ0) is 13.7. The average molecular weight is 279 g/mol. The molecule has 1 aromatic heterocycles. The number of rotatable bonds is 5. The molecule has 0 aromatic carbocycles. The summed E-state index contributed by atoms with van der Waals surface area (Å²) in [5.41, 5.74) is 3.67. The molecule has 19 heavy (non-hydrogen) atoms. The summed E-state index contributed by atoms with van der Waals surface area (Å²) >= 11 is 2.02. The maximum absolute atomic E-state index is 4.78. The standard InChI is InChI=1S/C15H25N3S/c1-4-16-9-8-13-11(2)17-15(18-12(13)3)14-7-5-6-10-19-14/h14,16H,4-10H2,1-3H3. The lowest BCUT2D eigenvalue weighted by atomic mass is 10.1. The smallest absolute Gasteiger partial charge is 0.141 e. The summed E-state index contributed by atoms with van der Waals surface area (Å²) in [6.07, 6.45) is 4.94. The minimum absolute atomic E-state index is 0.522. The molecule has 1 aliphatic rings. The first kappa shape index (κ1) is 14.8. The first-order valence-corrected chi connectivity index (χ1v) is 8.43. The van der Waals surface area contributed by atoms with Gasteiger partial charge in [-0.05, 0) is 57.5 Å². The summed E-state index contributed by atoms with van der Waals surface area (Å²) in [4.78, 5) is 9.55. The maximum Gasteiger partial charge on any atom is 0.141 e. The van der Waals surface area contributed by atoms with Crippen LogP contribution in [0.15, 0.2) is 0 Å². The van der Waals surface area contributed by atoms with E-state index >= 15 is 0 Å². The Morgan fingerprint density at radius 2 is 1.95 bits per heavy atom. The fourth-order valence-electron chi connectivity index (χ4n) is 2.61. The quantitative estimate of drug-likeness (QED) is 0.840. The number of likely N-dealkylation sites (N-methyl/N-ethyl adjacent to an activating group) is 1. The predicted molar refractivity (Wildman–Crippen MR) is 82.8 cm³/mol. The molecule has 0 amide bonds. The van der Waals surface area contributed by atoms with Crippen LogP contribution in [0.4, 0.5) is 0 Å². The van der Waals surface area contributed by atoms with E-state index in [1.807, 2.05) is 11.8 Å². The van der Waals surface area contributed by atoms with Gasteiger partial charge in [-0.3, -0.25) is 0 Å². The highest BCUT2D eigenvalue weighted by atomic mass is 32.2. The molecule has 4 heteroatoms. The van der Waals surface area contributed by atoms with E-state index in [1.165, 1.54) is 42.0 Å². The largest absolute Gasteiger partial charge is 0.317 e. The van der Waals surface area contributed by atoms with Crippen molar-refractivity contribution in [2.75, 3.05) is 18.8 Å². The molecule has 1 saturated heterocycles. The molecule has 1 aromatic rings. The highest BCUT2D eigenvalue weighted by molar-refractivity contribution is 7.99. The van der Waals surface area contributed by atoms with Crippen molar-refractivity contribution in [2.45, 2.75) is 51.7 Å². The Balaban J connectivity index is 2.11. The van der Waals surface area contributed by atoms with E-state index in [1.54, 1.807) is 0 Å².